The van der Waals surface area contributed by atoms with Crippen molar-refractivity contribution in [3.05, 3.63) is 29.8 Å². The quantitative estimate of drug-likeness (QED) is 0.629. The zero-order valence-electron chi connectivity index (χ0n) is 16.6. The Hall–Kier alpha value is -1.76. The molecule has 6 nitrogen and oxygen atoms in total. The van der Waals surface area contributed by atoms with Gasteiger partial charge in [0, 0.05) is 32.2 Å². The fourth-order valence-electron chi connectivity index (χ4n) is 3.78. The smallest absolute Gasteiger partial charge is 0.193 e. The van der Waals surface area contributed by atoms with Crippen molar-refractivity contribution in [1.29, 1.82) is 0 Å². The van der Waals surface area contributed by atoms with Gasteiger partial charge in [0.05, 0.1) is 16.6 Å². The van der Waals surface area contributed by atoms with Gasteiger partial charge in [0.25, 0.3) is 0 Å². The molecule has 1 aliphatic carbocycles. The number of para-hydroxylation sites is 1. The lowest BCUT2D eigenvalue weighted by molar-refractivity contribution is 0.207. The van der Waals surface area contributed by atoms with Gasteiger partial charge in [0.15, 0.2) is 15.8 Å². The van der Waals surface area contributed by atoms with E-state index in [0.717, 1.165) is 30.1 Å². The molecule has 1 saturated carbocycles. The molecule has 7 heteroatoms. The summed E-state index contributed by atoms with van der Waals surface area (Å²) in [6.07, 6.45) is 5.05. The first-order chi connectivity index (χ1) is 12.8. The summed E-state index contributed by atoms with van der Waals surface area (Å²) < 4.78 is 29.9. The molecule has 1 heterocycles. The van der Waals surface area contributed by atoms with Gasteiger partial charge in [-0.2, -0.15) is 0 Å². The molecule has 1 aromatic rings. The highest BCUT2D eigenvalue weighted by molar-refractivity contribution is 7.92. The number of hydrogen-bond donors (Lipinski definition) is 1. The van der Waals surface area contributed by atoms with E-state index in [-0.39, 0.29) is 5.75 Å². The van der Waals surface area contributed by atoms with Crippen LogP contribution >= 0.6 is 0 Å². The summed E-state index contributed by atoms with van der Waals surface area (Å²) in [5.74, 6) is 1.81. The Balaban J connectivity index is 1.65. The third-order valence-corrected chi connectivity index (χ3v) is 8.09. The fourth-order valence-corrected chi connectivity index (χ4v) is 5.15. The van der Waals surface area contributed by atoms with Crippen LogP contribution in [0.5, 0.6) is 5.75 Å². The van der Waals surface area contributed by atoms with E-state index in [0.29, 0.717) is 25.7 Å². The summed E-state index contributed by atoms with van der Waals surface area (Å²) in [7, 11) is -1.33. The lowest BCUT2D eigenvalue weighted by Crippen LogP contribution is -2.57. The van der Waals surface area contributed by atoms with Gasteiger partial charge < -0.3 is 15.0 Å². The molecule has 1 aromatic carbocycles. The van der Waals surface area contributed by atoms with E-state index >= 15 is 0 Å². The summed E-state index contributed by atoms with van der Waals surface area (Å²) >= 11 is 0. The molecule has 1 N–H and O–H groups in total. The van der Waals surface area contributed by atoms with E-state index in [4.69, 9.17) is 4.74 Å². The number of ether oxygens (including phenoxy) is 1. The molecule has 1 aliphatic heterocycles. The molecule has 0 amide bonds. The summed E-state index contributed by atoms with van der Waals surface area (Å²) in [6, 6.07) is 8.10. The molecule has 2 aliphatic rings. The Morgan fingerprint density at radius 1 is 1.30 bits per heavy atom. The predicted octanol–water partition coefficient (Wildman–Crippen LogP) is 2.59. The van der Waals surface area contributed by atoms with Gasteiger partial charge in [-0.15, -0.1) is 0 Å². The molecule has 0 aromatic heterocycles. The van der Waals surface area contributed by atoms with Gasteiger partial charge in [0.1, 0.15) is 5.75 Å². The van der Waals surface area contributed by atoms with E-state index in [1.807, 2.05) is 23.1 Å². The van der Waals surface area contributed by atoms with E-state index in [2.05, 4.69) is 16.4 Å². The Labute approximate surface area is 162 Å². The van der Waals surface area contributed by atoms with Gasteiger partial charge in [0.2, 0.25) is 0 Å². The van der Waals surface area contributed by atoms with Crippen LogP contribution in [0.15, 0.2) is 29.3 Å². The van der Waals surface area contributed by atoms with Crippen LogP contribution in [0.1, 0.15) is 45.1 Å². The lowest BCUT2D eigenvalue weighted by Gasteiger charge is -2.39. The molecule has 0 bridgehead atoms. The van der Waals surface area contributed by atoms with Crippen molar-refractivity contribution in [3.63, 3.8) is 0 Å². The second-order valence-corrected chi connectivity index (χ2v) is 10.8. The molecule has 150 valence electrons. The lowest BCUT2D eigenvalue weighted by atomic mass is 10.2. The third kappa shape index (κ3) is 4.57. The van der Waals surface area contributed by atoms with E-state index in [9.17, 15) is 8.42 Å². The van der Waals surface area contributed by atoms with Crippen molar-refractivity contribution in [2.45, 2.75) is 56.9 Å². The second-order valence-electron chi connectivity index (χ2n) is 8.03. The van der Waals surface area contributed by atoms with Crippen molar-refractivity contribution in [2.75, 3.05) is 25.9 Å². The molecule has 0 spiro atoms. The highest BCUT2D eigenvalue weighted by Crippen LogP contribution is 2.27. The largest absolute Gasteiger partial charge is 0.490 e. The van der Waals surface area contributed by atoms with Crippen molar-refractivity contribution < 1.29 is 13.2 Å². The average molecular weight is 394 g/mol. The summed E-state index contributed by atoms with van der Waals surface area (Å²) in [4.78, 5) is 6.40. The van der Waals surface area contributed by atoms with Crippen LogP contribution in [-0.2, 0) is 16.4 Å². The minimum absolute atomic E-state index is 0.155. The number of sulfone groups is 1. The topological polar surface area (TPSA) is 71.0 Å². The summed E-state index contributed by atoms with van der Waals surface area (Å²) in [6.45, 7) is 5.07. The van der Waals surface area contributed by atoms with E-state index in [1.54, 1.807) is 20.9 Å². The monoisotopic (exact) mass is 393 g/mol. The van der Waals surface area contributed by atoms with Crippen molar-refractivity contribution in [3.8, 4) is 5.75 Å². The summed E-state index contributed by atoms with van der Waals surface area (Å²) in [5, 5.41) is 3.39. The zero-order valence-corrected chi connectivity index (χ0v) is 17.4. The molecule has 0 radical (unpaired) electrons. The zero-order chi connectivity index (χ0) is 19.5. The fraction of sp³-hybridized carbons (Fsp3) is 0.650. The average Bonchev–Trinajstić information content (AvgIpc) is 3.13. The van der Waals surface area contributed by atoms with Crippen molar-refractivity contribution in [2.24, 2.45) is 4.99 Å². The SMILES string of the molecule is CN=C(NCc1ccccc1OC1CCCC1)N1CCS(=O)(=O)C(C)(C)C1. The Bertz CT molecular complexity index is 783. The van der Waals surface area contributed by atoms with Crippen LogP contribution < -0.4 is 10.1 Å². The molecule has 27 heavy (non-hydrogen) atoms. The molecule has 0 unspecified atom stereocenters. The van der Waals surface area contributed by atoms with Crippen LogP contribution in [0, 0.1) is 0 Å². The first-order valence-electron chi connectivity index (χ1n) is 9.75. The predicted molar refractivity (Wildman–Crippen MR) is 109 cm³/mol. The van der Waals surface area contributed by atoms with Gasteiger partial charge in [-0.3, -0.25) is 4.99 Å². The van der Waals surface area contributed by atoms with Crippen LogP contribution in [-0.4, -0.2) is 56.0 Å². The van der Waals surface area contributed by atoms with Crippen molar-refractivity contribution in [1.82, 2.24) is 10.2 Å². The number of hydrogen-bond acceptors (Lipinski definition) is 4. The van der Waals surface area contributed by atoms with Crippen LogP contribution in [0.4, 0.5) is 0 Å². The standard InChI is InChI=1S/C20H31N3O3S/c1-20(2)15-23(12-13-27(20,24)25)19(21-3)22-14-16-8-4-7-11-18(16)26-17-9-5-6-10-17/h4,7-8,11,17H,5-6,9-10,12-15H2,1-3H3,(H,21,22). The molecule has 3 rings (SSSR count). The molecule has 2 fully saturated rings. The number of nitrogens with zero attached hydrogens (tertiary/aromatic N) is 2. The first-order valence-corrected chi connectivity index (χ1v) is 11.4. The minimum Gasteiger partial charge on any atom is -0.490 e. The maximum atomic E-state index is 12.2. The van der Waals surface area contributed by atoms with Crippen LogP contribution in [0.3, 0.4) is 0 Å². The highest BCUT2D eigenvalue weighted by Gasteiger charge is 2.40. The third-order valence-electron chi connectivity index (χ3n) is 5.56. The van der Waals surface area contributed by atoms with Gasteiger partial charge in [-0.25, -0.2) is 8.42 Å². The molecular formula is C20H31N3O3S. The summed E-state index contributed by atoms with van der Waals surface area (Å²) in [5.41, 5.74) is 1.09. The van der Waals surface area contributed by atoms with Crippen LogP contribution in [0.2, 0.25) is 0 Å². The number of aliphatic imine (C=N–C) groups is 1. The number of rotatable bonds is 4. The van der Waals surface area contributed by atoms with Gasteiger partial charge in [-0.1, -0.05) is 18.2 Å². The van der Waals surface area contributed by atoms with Gasteiger partial charge >= 0.3 is 0 Å². The van der Waals surface area contributed by atoms with Gasteiger partial charge in [-0.05, 0) is 45.6 Å². The first kappa shape index (κ1) is 20.0. The number of benzene rings is 1. The maximum absolute atomic E-state index is 12.2. The molecule has 1 saturated heterocycles. The van der Waals surface area contributed by atoms with E-state index in [1.165, 1.54) is 12.8 Å². The minimum atomic E-state index is -3.07. The number of guanidine groups is 1. The molecule has 0 atom stereocenters. The van der Waals surface area contributed by atoms with Crippen molar-refractivity contribution >= 4 is 15.8 Å². The maximum Gasteiger partial charge on any atom is 0.193 e. The second kappa shape index (κ2) is 8.09. The van der Waals surface area contributed by atoms with Crippen LogP contribution in [0.25, 0.3) is 0 Å². The Kier molecular flexibility index (Phi) is 5.99. The normalized spacial score (nSPS) is 22.6. The molecular weight excluding hydrogens is 362 g/mol. The Morgan fingerprint density at radius 2 is 2.00 bits per heavy atom. The highest BCUT2D eigenvalue weighted by atomic mass is 32.2. The van der Waals surface area contributed by atoms with E-state index < -0.39 is 14.6 Å². The number of nitrogens with one attached hydrogen (secondary N) is 1. The Morgan fingerprint density at radius 3 is 2.67 bits per heavy atom.